The molecule has 0 aliphatic heterocycles. The molecule has 0 unspecified atom stereocenters. The molecular weight excluding hydrogens is 120 g/mol. The second-order valence-electron chi connectivity index (χ2n) is 1.73. The van der Waals surface area contributed by atoms with E-state index in [-0.39, 0.29) is 0 Å². The molecule has 0 aliphatic rings. The van der Waals surface area contributed by atoms with Gasteiger partial charge in [-0.3, -0.25) is 0 Å². The highest BCUT2D eigenvalue weighted by Gasteiger charge is 1.99. The molecule has 0 spiro atoms. The normalized spacial score (nSPS) is 12.0. The van der Waals surface area contributed by atoms with Crippen LogP contribution in [0, 0.1) is 0 Å². The van der Waals surface area contributed by atoms with Crippen molar-refractivity contribution >= 4 is 10.0 Å². The van der Waals surface area contributed by atoms with Crippen molar-refractivity contribution in [2.24, 2.45) is 0 Å². The maximum absolute atomic E-state index is 8.42. The van der Waals surface area contributed by atoms with E-state index in [9.17, 15) is 0 Å². The van der Waals surface area contributed by atoms with Gasteiger partial charge in [0.05, 0.1) is 0 Å². The van der Waals surface area contributed by atoms with Gasteiger partial charge in [-0.25, -0.2) is 0 Å². The molecule has 8 heavy (non-hydrogen) atoms. The largest absolute Gasteiger partial charge is 0.415 e. The van der Waals surface area contributed by atoms with Crippen LogP contribution >= 0.6 is 0 Å². The Labute approximate surface area is 52.9 Å². The van der Waals surface area contributed by atoms with E-state index >= 15 is 0 Å². The van der Waals surface area contributed by atoms with Gasteiger partial charge in [0.15, 0.2) is 0 Å². The van der Waals surface area contributed by atoms with Crippen LogP contribution in [0.2, 0.25) is 0 Å². The zero-order chi connectivity index (χ0) is 6.41. The van der Waals surface area contributed by atoms with Crippen LogP contribution < -0.4 is 0 Å². The highest BCUT2D eigenvalue weighted by molar-refractivity contribution is 6.15. The Morgan fingerprint density at radius 1 is 1.50 bits per heavy atom. The Morgan fingerprint density at radius 2 is 2.00 bits per heavy atom. The van der Waals surface area contributed by atoms with Crippen LogP contribution in [0.5, 0.6) is 0 Å². The maximum atomic E-state index is 8.42. The van der Waals surface area contributed by atoms with Gasteiger partial charge in [0.2, 0.25) is 0 Å². The predicted molar refractivity (Wildman–Crippen MR) is 36.2 cm³/mol. The van der Waals surface area contributed by atoms with Crippen molar-refractivity contribution in [2.45, 2.75) is 32.8 Å². The average molecular weight is 134 g/mol. The summed E-state index contributed by atoms with van der Waals surface area (Å²) in [4.78, 5) is 8.42. The van der Waals surface area contributed by atoms with Crippen molar-refractivity contribution in [1.82, 2.24) is 0 Å². The van der Waals surface area contributed by atoms with Gasteiger partial charge >= 0.3 is 10.0 Å². The molecule has 0 bridgehead atoms. The lowest BCUT2D eigenvalue weighted by molar-refractivity contribution is 0.174. The van der Waals surface area contributed by atoms with Gasteiger partial charge in [0, 0.05) is 6.10 Å². The standard InChI is InChI=1S/C5H14O2Si/c1-3-5(4-2)7-8-6/h5-6H,3-4,8H2,1-2H3. The molecule has 0 radical (unpaired) electrons. The maximum Gasteiger partial charge on any atom is 0.302 e. The summed E-state index contributed by atoms with van der Waals surface area (Å²) in [7, 11) is -1.16. The molecule has 0 saturated carbocycles. The van der Waals surface area contributed by atoms with Crippen LogP contribution in [0.15, 0.2) is 0 Å². The summed E-state index contributed by atoms with van der Waals surface area (Å²) in [6.07, 6.45) is 2.35. The molecule has 0 aromatic carbocycles. The predicted octanol–water partition coefficient (Wildman–Crippen LogP) is 0.183. The molecule has 0 saturated heterocycles. The minimum atomic E-state index is -1.16. The van der Waals surface area contributed by atoms with Gasteiger partial charge in [-0.15, -0.1) is 0 Å². The fourth-order valence-corrected chi connectivity index (χ4v) is 1.31. The third-order valence-electron chi connectivity index (χ3n) is 1.22. The van der Waals surface area contributed by atoms with Gasteiger partial charge in [0.25, 0.3) is 0 Å². The Hall–Kier alpha value is 0.137. The Bertz CT molecular complexity index is 45.7. The number of hydrogen-bond donors (Lipinski definition) is 1. The van der Waals surface area contributed by atoms with E-state index in [1.165, 1.54) is 0 Å². The molecule has 0 fully saturated rings. The van der Waals surface area contributed by atoms with Gasteiger partial charge in [-0.05, 0) is 12.8 Å². The van der Waals surface area contributed by atoms with Crippen molar-refractivity contribution in [1.29, 1.82) is 0 Å². The van der Waals surface area contributed by atoms with Crippen molar-refractivity contribution in [2.75, 3.05) is 0 Å². The molecule has 0 amide bonds. The minimum Gasteiger partial charge on any atom is -0.415 e. The fourth-order valence-electron chi connectivity index (χ4n) is 0.630. The average Bonchev–Trinajstić information content (AvgIpc) is 1.83. The van der Waals surface area contributed by atoms with Gasteiger partial charge in [0.1, 0.15) is 0 Å². The number of rotatable bonds is 4. The third kappa shape index (κ3) is 3.18. The molecule has 0 aliphatic carbocycles. The molecule has 3 heteroatoms. The molecule has 0 heterocycles. The lowest BCUT2D eigenvalue weighted by Crippen LogP contribution is -2.12. The van der Waals surface area contributed by atoms with E-state index in [1.807, 2.05) is 0 Å². The van der Waals surface area contributed by atoms with Crippen molar-refractivity contribution in [3.8, 4) is 0 Å². The summed E-state index contributed by atoms with van der Waals surface area (Å²) in [6.45, 7) is 4.14. The lowest BCUT2D eigenvalue weighted by Gasteiger charge is -2.10. The smallest absolute Gasteiger partial charge is 0.302 e. The molecule has 0 aromatic heterocycles. The van der Waals surface area contributed by atoms with E-state index in [4.69, 9.17) is 9.22 Å². The van der Waals surface area contributed by atoms with E-state index in [1.54, 1.807) is 0 Å². The summed E-state index contributed by atoms with van der Waals surface area (Å²) in [5.41, 5.74) is 0. The third-order valence-corrected chi connectivity index (χ3v) is 1.84. The van der Waals surface area contributed by atoms with E-state index in [0.717, 1.165) is 12.8 Å². The molecule has 1 N–H and O–H groups in total. The first kappa shape index (κ1) is 8.14. The summed E-state index contributed by atoms with van der Waals surface area (Å²) >= 11 is 0. The summed E-state index contributed by atoms with van der Waals surface area (Å²) in [6, 6.07) is 0. The van der Waals surface area contributed by atoms with Crippen LogP contribution in [-0.2, 0) is 4.43 Å². The van der Waals surface area contributed by atoms with Crippen LogP contribution in [0.4, 0.5) is 0 Å². The quantitative estimate of drug-likeness (QED) is 0.556. The zero-order valence-corrected chi connectivity index (χ0v) is 6.97. The molecule has 50 valence electrons. The SMILES string of the molecule is CCC(CC)O[SiH2]O. The Balaban J connectivity index is 3.07. The molecule has 0 atom stereocenters. The zero-order valence-electron chi connectivity index (χ0n) is 5.55. The highest BCUT2D eigenvalue weighted by Crippen LogP contribution is 1.99. The van der Waals surface area contributed by atoms with E-state index in [0.29, 0.717) is 6.10 Å². The summed E-state index contributed by atoms with van der Waals surface area (Å²) in [5.74, 6) is 0. The molecule has 0 aromatic rings. The first-order chi connectivity index (χ1) is 3.85. The second-order valence-corrected chi connectivity index (χ2v) is 2.33. The highest BCUT2D eigenvalue weighted by atomic mass is 28.2. The Kier molecular flexibility index (Phi) is 5.37. The van der Waals surface area contributed by atoms with Crippen LogP contribution in [0.25, 0.3) is 0 Å². The van der Waals surface area contributed by atoms with Gasteiger partial charge in [-0.1, -0.05) is 13.8 Å². The minimum absolute atomic E-state index is 0.312. The van der Waals surface area contributed by atoms with E-state index in [2.05, 4.69) is 13.8 Å². The summed E-state index contributed by atoms with van der Waals surface area (Å²) in [5, 5.41) is 0. The van der Waals surface area contributed by atoms with Crippen LogP contribution in [-0.4, -0.2) is 20.9 Å². The van der Waals surface area contributed by atoms with Crippen LogP contribution in [0.3, 0.4) is 0 Å². The van der Waals surface area contributed by atoms with Crippen molar-refractivity contribution < 1.29 is 9.22 Å². The fraction of sp³-hybridized carbons (Fsp3) is 1.00. The summed E-state index contributed by atoms with van der Waals surface area (Å²) < 4.78 is 5.03. The first-order valence-electron chi connectivity index (χ1n) is 3.07. The van der Waals surface area contributed by atoms with Crippen molar-refractivity contribution in [3.63, 3.8) is 0 Å². The molecular formula is C5H14O2Si. The first-order valence-corrected chi connectivity index (χ1v) is 4.28. The Morgan fingerprint density at radius 3 is 2.12 bits per heavy atom. The van der Waals surface area contributed by atoms with Gasteiger partial charge in [-0.2, -0.15) is 0 Å². The van der Waals surface area contributed by atoms with Crippen molar-refractivity contribution in [3.05, 3.63) is 0 Å². The molecule has 0 rings (SSSR count). The van der Waals surface area contributed by atoms with Crippen LogP contribution in [0.1, 0.15) is 26.7 Å². The topological polar surface area (TPSA) is 29.5 Å². The number of hydrogen-bond acceptors (Lipinski definition) is 2. The van der Waals surface area contributed by atoms with E-state index < -0.39 is 10.0 Å². The van der Waals surface area contributed by atoms with Gasteiger partial charge < -0.3 is 9.22 Å². The lowest BCUT2D eigenvalue weighted by atomic mass is 10.2. The molecule has 2 nitrogen and oxygen atoms in total. The second kappa shape index (κ2) is 5.28. The monoisotopic (exact) mass is 134 g/mol.